The zero-order valence-electron chi connectivity index (χ0n) is 24.5. The number of ketones is 1. The predicted molar refractivity (Wildman–Crippen MR) is 162 cm³/mol. The Bertz CT molecular complexity index is 1770. The van der Waals surface area contributed by atoms with Crippen molar-refractivity contribution in [3.63, 3.8) is 0 Å². The van der Waals surface area contributed by atoms with Crippen LogP contribution in [0.15, 0.2) is 66.9 Å². The van der Waals surface area contributed by atoms with E-state index < -0.39 is 35.8 Å². The topological polar surface area (TPSA) is 107 Å². The molecule has 0 aliphatic carbocycles. The Morgan fingerprint density at radius 1 is 1.07 bits per heavy atom. The minimum atomic E-state index is -1.41. The fourth-order valence-electron chi connectivity index (χ4n) is 5.33. The highest BCUT2D eigenvalue weighted by molar-refractivity contribution is 6.30. The van der Waals surface area contributed by atoms with Gasteiger partial charge in [-0.2, -0.15) is 0 Å². The number of carbonyl (C=O) groups excluding carboxylic acids is 4. The molecule has 0 bridgehead atoms. The normalized spacial score (nSPS) is 16.1. The lowest BCUT2D eigenvalue weighted by Crippen LogP contribution is -2.46. The zero-order chi connectivity index (χ0) is 32.2. The average molecular weight is 638 g/mol. The molecule has 9 nitrogen and oxygen atoms in total. The van der Waals surface area contributed by atoms with E-state index in [9.17, 15) is 28.0 Å². The van der Waals surface area contributed by atoms with Crippen LogP contribution in [0.2, 0.25) is 5.02 Å². The summed E-state index contributed by atoms with van der Waals surface area (Å²) >= 11 is 5.82. The maximum atomic E-state index is 14.5. The monoisotopic (exact) mass is 637 g/mol. The van der Waals surface area contributed by atoms with Gasteiger partial charge >= 0.3 is 5.97 Å². The van der Waals surface area contributed by atoms with Gasteiger partial charge in [-0.25, -0.2) is 13.6 Å². The molecule has 12 heteroatoms. The van der Waals surface area contributed by atoms with Crippen LogP contribution in [-0.4, -0.2) is 58.9 Å². The van der Waals surface area contributed by atoms with E-state index in [4.69, 9.17) is 21.1 Å². The summed E-state index contributed by atoms with van der Waals surface area (Å²) in [7, 11) is 1.31. The fourth-order valence-corrected chi connectivity index (χ4v) is 5.52. The number of methoxy groups -OCH3 is 1. The summed E-state index contributed by atoms with van der Waals surface area (Å²) in [5, 5.41) is 3.10. The molecule has 1 aliphatic rings. The number of nitrogens with one attached hydrogen (secondary N) is 1. The number of halogens is 3. The molecule has 1 aromatic heterocycles. The SMILES string of the molecule is COC(=O)c1ccc(COc2ccc3c(C(C)=O)cn(CC(=O)N4C[C@H](F)C[C@H]4C(=O)NCc4cccc(Cl)c4F)c3c2)cc1. The Labute approximate surface area is 262 Å². The molecule has 1 fully saturated rings. The van der Waals surface area contributed by atoms with Crippen LogP contribution in [-0.2, 0) is 34.0 Å². The molecule has 2 atom stereocenters. The number of amides is 2. The molecule has 1 aliphatic heterocycles. The maximum absolute atomic E-state index is 14.5. The molecule has 0 spiro atoms. The van der Waals surface area contributed by atoms with Crippen LogP contribution in [0.1, 0.15) is 45.2 Å². The summed E-state index contributed by atoms with van der Waals surface area (Å²) in [6.45, 7) is 0.892. The first kappa shape index (κ1) is 31.6. The summed E-state index contributed by atoms with van der Waals surface area (Å²) in [5.74, 6) is -1.98. The largest absolute Gasteiger partial charge is 0.489 e. The van der Waals surface area contributed by atoms with Crippen molar-refractivity contribution >= 4 is 46.1 Å². The van der Waals surface area contributed by atoms with Gasteiger partial charge in [0.25, 0.3) is 0 Å². The van der Waals surface area contributed by atoms with Crippen LogP contribution in [0.25, 0.3) is 10.9 Å². The minimum Gasteiger partial charge on any atom is -0.489 e. The number of nitrogens with zero attached hydrogens (tertiary/aromatic N) is 2. The molecule has 45 heavy (non-hydrogen) atoms. The first-order chi connectivity index (χ1) is 21.5. The minimum absolute atomic E-state index is 0.0880. The molecular weight excluding hydrogens is 608 g/mol. The number of hydrogen-bond acceptors (Lipinski definition) is 6. The standard InChI is InChI=1S/C33H30ClF2N3O6/c1-19(40)26-16-38(28-13-24(10-11-25(26)28)45-18-20-6-8-21(9-7-20)33(43)44-2)17-30(41)39-15-23(35)12-29(39)32(42)37-14-22-4-3-5-27(34)31(22)36/h3-11,13,16,23,29H,12,14-15,17-18H2,1-2H3,(H,37,42)/t23-,29+/m1/s1. The van der Waals surface area contributed by atoms with E-state index in [0.717, 1.165) is 5.56 Å². The van der Waals surface area contributed by atoms with E-state index in [0.29, 0.717) is 27.8 Å². The summed E-state index contributed by atoms with van der Waals surface area (Å²) in [5.41, 5.74) is 2.31. The van der Waals surface area contributed by atoms with Gasteiger partial charge in [0.2, 0.25) is 11.8 Å². The van der Waals surface area contributed by atoms with E-state index in [2.05, 4.69) is 5.32 Å². The number of carbonyl (C=O) groups is 4. The van der Waals surface area contributed by atoms with Gasteiger partial charge in [-0.05, 0) is 42.8 Å². The molecule has 234 valence electrons. The molecule has 2 heterocycles. The van der Waals surface area contributed by atoms with Gasteiger partial charge in [0.15, 0.2) is 5.78 Å². The molecule has 1 saturated heterocycles. The summed E-state index contributed by atoms with van der Waals surface area (Å²) < 4.78 is 41.1. The number of benzene rings is 3. The van der Waals surface area contributed by atoms with Crippen LogP contribution in [0, 0.1) is 5.82 Å². The van der Waals surface area contributed by atoms with Gasteiger partial charge < -0.3 is 24.3 Å². The third-order valence-electron chi connectivity index (χ3n) is 7.68. The number of rotatable bonds is 10. The first-order valence-corrected chi connectivity index (χ1v) is 14.5. The van der Waals surface area contributed by atoms with Gasteiger partial charge in [0, 0.05) is 41.7 Å². The third kappa shape index (κ3) is 6.99. The molecule has 3 aromatic carbocycles. The highest BCUT2D eigenvalue weighted by Crippen LogP contribution is 2.28. The van der Waals surface area contributed by atoms with Crippen LogP contribution in [0.4, 0.5) is 8.78 Å². The second-order valence-corrected chi connectivity index (χ2v) is 11.1. The van der Waals surface area contributed by atoms with Gasteiger partial charge in [0.1, 0.15) is 36.9 Å². The molecule has 2 amide bonds. The Hall–Kier alpha value is -4.77. The van der Waals surface area contributed by atoms with E-state index >= 15 is 0 Å². The summed E-state index contributed by atoms with van der Waals surface area (Å²) in [4.78, 5) is 51.8. The maximum Gasteiger partial charge on any atom is 0.337 e. The Kier molecular flexibility index (Phi) is 9.48. The van der Waals surface area contributed by atoms with Gasteiger partial charge in [-0.3, -0.25) is 14.4 Å². The van der Waals surface area contributed by atoms with Crippen LogP contribution >= 0.6 is 11.6 Å². The van der Waals surface area contributed by atoms with E-state index in [1.54, 1.807) is 59.3 Å². The van der Waals surface area contributed by atoms with Crippen molar-refractivity contribution in [2.45, 2.75) is 45.3 Å². The van der Waals surface area contributed by atoms with Gasteiger partial charge in [-0.15, -0.1) is 0 Å². The van der Waals surface area contributed by atoms with Crippen molar-refractivity contribution < 1.29 is 37.4 Å². The van der Waals surface area contributed by atoms with Crippen molar-refractivity contribution in [1.29, 1.82) is 0 Å². The molecular formula is C33H30ClF2N3O6. The Balaban J connectivity index is 1.31. The first-order valence-electron chi connectivity index (χ1n) is 14.1. The highest BCUT2D eigenvalue weighted by Gasteiger charge is 2.39. The summed E-state index contributed by atoms with van der Waals surface area (Å²) in [6.07, 6.45) is -0.0528. The van der Waals surface area contributed by atoms with E-state index in [1.165, 1.54) is 31.1 Å². The average Bonchev–Trinajstić information content (AvgIpc) is 3.61. The smallest absolute Gasteiger partial charge is 0.337 e. The predicted octanol–water partition coefficient (Wildman–Crippen LogP) is 5.26. The number of likely N-dealkylation sites (tertiary alicyclic amines) is 1. The zero-order valence-corrected chi connectivity index (χ0v) is 25.3. The lowest BCUT2D eigenvalue weighted by atomic mass is 10.1. The number of ether oxygens (including phenoxy) is 2. The number of esters is 1. The van der Waals surface area contributed by atoms with Gasteiger partial charge in [-0.1, -0.05) is 35.9 Å². The van der Waals surface area contributed by atoms with Crippen LogP contribution in [0.5, 0.6) is 5.75 Å². The van der Waals surface area contributed by atoms with Gasteiger partial charge in [0.05, 0.1) is 29.8 Å². The number of hydrogen-bond donors (Lipinski definition) is 1. The lowest BCUT2D eigenvalue weighted by Gasteiger charge is -2.24. The quantitative estimate of drug-likeness (QED) is 0.188. The lowest BCUT2D eigenvalue weighted by molar-refractivity contribution is -0.139. The second-order valence-electron chi connectivity index (χ2n) is 10.7. The number of fused-ring (bicyclic) bond motifs is 1. The van der Waals surface area contributed by atoms with Crippen LogP contribution < -0.4 is 10.1 Å². The molecule has 0 radical (unpaired) electrons. The van der Waals surface area contributed by atoms with Crippen LogP contribution in [0.3, 0.4) is 0 Å². The third-order valence-corrected chi connectivity index (χ3v) is 7.97. The van der Waals surface area contributed by atoms with E-state index in [-0.39, 0.29) is 49.0 Å². The molecule has 1 N–H and O–H groups in total. The Morgan fingerprint density at radius 3 is 2.53 bits per heavy atom. The van der Waals surface area contributed by atoms with Crippen molar-refractivity contribution in [3.05, 3.63) is 100.0 Å². The second kappa shape index (κ2) is 13.5. The van der Waals surface area contributed by atoms with Crippen molar-refractivity contribution in [1.82, 2.24) is 14.8 Å². The van der Waals surface area contributed by atoms with E-state index in [1.807, 2.05) is 0 Å². The van der Waals surface area contributed by atoms with Crippen molar-refractivity contribution in [2.75, 3.05) is 13.7 Å². The Morgan fingerprint density at radius 2 is 1.82 bits per heavy atom. The summed E-state index contributed by atoms with van der Waals surface area (Å²) in [6, 6.07) is 15.2. The van der Waals surface area contributed by atoms with Crippen molar-refractivity contribution in [3.8, 4) is 5.75 Å². The number of Topliss-reactive ketones (excluding diaryl/α,β-unsaturated/α-hetero) is 1. The highest BCUT2D eigenvalue weighted by atomic mass is 35.5. The van der Waals surface area contributed by atoms with Crippen molar-refractivity contribution in [2.24, 2.45) is 0 Å². The fraction of sp³-hybridized carbons (Fsp3) is 0.273. The molecule has 4 aromatic rings. The molecule has 0 unspecified atom stereocenters. The molecule has 0 saturated carbocycles. The number of alkyl halides is 1. The number of aromatic nitrogens is 1. The molecule has 5 rings (SSSR count).